The SMILES string of the molecule is C[C@@H]1[C@H](c2ccc3c(c2)OCO3)C[C@H](Cl)C[C@@]12C=C1OCOC1=CC2=O. The van der Waals surface area contributed by atoms with Crippen molar-refractivity contribution < 1.29 is 23.7 Å². The van der Waals surface area contributed by atoms with Gasteiger partial charge in [-0.3, -0.25) is 4.79 Å². The van der Waals surface area contributed by atoms with Crippen molar-refractivity contribution in [1.82, 2.24) is 0 Å². The zero-order valence-corrected chi connectivity index (χ0v) is 15.1. The molecule has 1 saturated heterocycles. The molecule has 4 aliphatic rings. The van der Waals surface area contributed by atoms with E-state index in [0.717, 1.165) is 23.5 Å². The van der Waals surface area contributed by atoms with E-state index < -0.39 is 5.41 Å². The van der Waals surface area contributed by atoms with Crippen molar-refractivity contribution in [2.45, 2.75) is 31.1 Å². The normalized spacial score (nSPS) is 34.7. The standard InChI is InChI=1S/C20H19ClO5/c1-11-14(12-2-3-15-16(4-12)24-9-23-15)5-13(21)7-20(11)8-18-17(6-19(20)22)25-10-26-18/h2-4,6,8,11,13-14H,5,7,9-10H2,1H3/t11-,13+,14-,20-/m1/s1. The highest BCUT2D eigenvalue weighted by Crippen LogP contribution is 2.55. The third-order valence-electron chi connectivity index (χ3n) is 6.09. The van der Waals surface area contributed by atoms with Gasteiger partial charge in [-0.25, -0.2) is 0 Å². The van der Waals surface area contributed by atoms with Crippen LogP contribution in [0.3, 0.4) is 0 Å². The number of hydrogen-bond donors (Lipinski definition) is 0. The van der Waals surface area contributed by atoms with Gasteiger partial charge in [0.2, 0.25) is 13.6 Å². The molecule has 6 heteroatoms. The number of ketones is 1. The zero-order chi connectivity index (χ0) is 17.9. The molecule has 5 nitrogen and oxygen atoms in total. The lowest BCUT2D eigenvalue weighted by molar-refractivity contribution is -0.126. The van der Waals surface area contributed by atoms with Gasteiger partial charge in [0.05, 0.1) is 5.41 Å². The summed E-state index contributed by atoms with van der Waals surface area (Å²) in [7, 11) is 0. The highest BCUT2D eigenvalue weighted by atomic mass is 35.5. The van der Waals surface area contributed by atoms with Gasteiger partial charge in [0.1, 0.15) is 0 Å². The topological polar surface area (TPSA) is 54.0 Å². The first kappa shape index (κ1) is 16.1. The summed E-state index contributed by atoms with van der Waals surface area (Å²) < 4.78 is 21.9. The third kappa shape index (κ3) is 2.26. The summed E-state index contributed by atoms with van der Waals surface area (Å²) in [6, 6.07) is 6.00. The number of allylic oxidation sites excluding steroid dienone is 2. The smallest absolute Gasteiger partial charge is 0.231 e. The van der Waals surface area contributed by atoms with Crippen LogP contribution in [0.2, 0.25) is 0 Å². The quantitative estimate of drug-likeness (QED) is 0.698. The van der Waals surface area contributed by atoms with Crippen LogP contribution in [-0.2, 0) is 14.3 Å². The first-order valence-electron chi connectivity index (χ1n) is 8.85. The number of carbonyl (C=O) groups excluding carboxylic acids is 1. The number of alkyl halides is 1. The van der Waals surface area contributed by atoms with E-state index in [1.54, 1.807) is 6.08 Å². The number of benzene rings is 1. The van der Waals surface area contributed by atoms with Crippen LogP contribution in [0.25, 0.3) is 0 Å². The molecule has 2 heterocycles. The predicted octanol–water partition coefficient (Wildman–Crippen LogP) is 3.88. The van der Waals surface area contributed by atoms with Gasteiger partial charge in [-0.15, -0.1) is 11.6 Å². The van der Waals surface area contributed by atoms with Gasteiger partial charge in [-0.2, -0.15) is 0 Å². The molecule has 26 heavy (non-hydrogen) atoms. The maximum Gasteiger partial charge on any atom is 0.231 e. The Morgan fingerprint density at radius 3 is 2.73 bits per heavy atom. The Hall–Kier alpha value is -2.14. The molecule has 4 atom stereocenters. The van der Waals surface area contributed by atoms with Crippen molar-refractivity contribution in [3.05, 3.63) is 47.4 Å². The largest absolute Gasteiger partial charge is 0.454 e. The van der Waals surface area contributed by atoms with Crippen LogP contribution >= 0.6 is 11.6 Å². The molecule has 0 amide bonds. The Balaban J connectivity index is 1.55. The second kappa shape index (κ2) is 5.68. The molecule has 2 aliphatic carbocycles. The summed E-state index contributed by atoms with van der Waals surface area (Å²) >= 11 is 6.64. The number of fused-ring (bicyclic) bond motifs is 2. The molecule has 1 spiro atoms. The van der Waals surface area contributed by atoms with Crippen molar-refractivity contribution in [2.24, 2.45) is 11.3 Å². The monoisotopic (exact) mass is 374 g/mol. The first-order valence-corrected chi connectivity index (χ1v) is 9.29. The van der Waals surface area contributed by atoms with E-state index in [9.17, 15) is 4.79 Å². The number of ether oxygens (including phenoxy) is 4. The van der Waals surface area contributed by atoms with Gasteiger partial charge >= 0.3 is 0 Å². The summed E-state index contributed by atoms with van der Waals surface area (Å²) in [6.07, 6.45) is 4.93. The maximum atomic E-state index is 13.1. The minimum Gasteiger partial charge on any atom is -0.454 e. The van der Waals surface area contributed by atoms with Gasteiger partial charge in [0, 0.05) is 11.5 Å². The zero-order valence-electron chi connectivity index (χ0n) is 14.4. The van der Waals surface area contributed by atoms with Crippen LogP contribution in [0.4, 0.5) is 0 Å². The molecular weight excluding hydrogens is 356 g/mol. The average Bonchev–Trinajstić information content (AvgIpc) is 3.26. The van der Waals surface area contributed by atoms with Crippen LogP contribution < -0.4 is 9.47 Å². The van der Waals surface area contributed by atoms with Crippen molar-refractivity contribution in [3.8, 4) is 11.5 Å². The van der Waals surface area contributed by atoms with Gasteiger partial charge in [0.25, 0.3) is 0 Å². The molecule has 0 aromatic heterocycles. The van der Waals surface area contributed by atoms with Crippen molar-refractivity contribution in [1.29, 1.82) is 0 Å². The van der Waals surface area contributed by atoms with Crippen molar-refractivity contribution >= 4 is 17.4 Å². The fraction of sp³-hybridized carbons (Fsp3) is 0.450. The summed E-state index contributed by atoms with van der Waals surface area (Å²) in [5, 5.41) is -0.0975. The molecule has 0 unspecified atom stereocenters. The first-order chi connectivity index (χ1) is 12.6. The maximum absolute atomic E-state index is 13.1. The Labute approximate surface area is 156 Å². The molecule has 1 aromatic carbocycles. The third-order valence-corrected chi connectivity index (χ3v) is 6.42. The number of carbonyl (C=O) groups is 1. The minimum atomic E-state index is -0.668. The molecule has 0 bridgehead atoms. The van der Waals surface area contributed by atoms with Crippen LogP contribution in [0, 0.1) is 11.3 Å². The second-order valence-electron chi connectivity index (χ2n) is 7.37. The molecule has 0 radical (unpaired) electrons. The molecule has 2 aliphatic heterocycles. The lowest BCUT2D eigenvalue weighted by atomic mass is 9.57. The van der Waals surface area contributed by atoms with E-state index in [0.29, 0.717) is 17.9 Å². The van der Waals surface area contributed by atoms with E-state index in [1.807, 2.05) is 24.3 Å². The Morgan fingerprint density at radius 1 is 1.08 bits per heavy atom. The van der Waals surface area contributed by atoms with Gasteiger partial charge in [0.15, 0.2) is 28.8 Å². The highest BCUT2D eigenvalue weighted by molar-refractivity contribution is 6.21. The molecular formula is C20H19ClO5. The van der Waals surface area contributed by atoms with Crippen LogP contribution in [-0.4, -0.2) is 24.7 Å². The molecule has 136 valence electrons. The fourth-order valence-corrected chi connectivity index (χ4v) is 5.09. The second-order valence-corrected chi connectivity index (χ2v) is 7.99. The fourth-order valence-electron chi connectivity index (χ4n) is 4.64. The highest BCUT2D eigenvalue weighted by Gasteiger charge is 2.52. The average molecular weight is 375 g/mol. The lowest BCUT2D eigenvalue weighted by Gasteiger charge is -2.46. The Kier molecular flexibility index (Phi) is 3.51. The van der Waals surface area contributed by atoms with E-state index in [2.05, 4.69) is 6.92 Å². The molecule has 1 saturated carbocycles. The van der Waals surface area contributed by atoms with Crippen LogP contribution in [0.1, 0.15) is 31.2 Å². The van der Waals surface area contributed by atoms with Gasteiger partial charge in [-0.1, -0.05) is 13.0 Å². The number of hydrogen-bond acceptors (Lipinski definition) is 5. The van der Waals surface area contributed by atoms with Gasteiger partial charge in [-0.05, 0) is 48.4 Å². The molecule has 5 rings (SSSR count). The Bertz CT molecular complexity index is 845. The van der Waals surface area contributed by atoms with E-state index in [1.165, 1.54) is 0 Å². The number of rotatable bonds is 1. The predicted molar refractivity (Wildman–Crippen MR) is 94.0 cm³/mol. The summed E-state index contributed by atoms with van der Waals surface area (Å²) in [6.45, 7) is 2.53. The van der Waals surface area contributed by atoms with E-state index in [-0.39, 0.29) is 36.6 Å². The lowest BCUT2D eigenvalue weighted by Crippen LogP contribution is -2.45. The molecule has 2 fully saturated rings. The minimum absolute atomic E-state index is 0.0466. The van der Waals surface area contributed by atoms with E-state index >= 15 is 0 Å². The summed E-state index contributed by atoms with van der Waals surface area (Å²) in [4.78, 5) is 13.1. The summed E-state index contributed by atoms with van der Waals surface area (Å²) in [5.41, 5.74) is 0.453. The van der Waals surface area contributed by atoms with Crippen molar-refractivity contribution in [3.63, 3.8) is 0 Å². The molecule has 0 N–H and O–H groups in total. The summed E-state index contributed by atoms with van der Waals surface area (Å²) in [5.74, 6) is 2.96. The van der Waals surface area contributed by atoms with Crippen LogP contribution in [0.5, 0.6) is 11.5 Å². The number of halogens is 1. The molecule has 1 aromatic rings. The van der Waals surface area contributed by atoms with Gasteiger partial charge < -0.3 is 18.9 Å². The van der Waals surface area contributed by atoms with Crippen molar-refractivity contribution in [2.75, 3.05) is 13.6 Å². The van der Waals surface area contributed by atoms with E-state index in [4.69, 9.17) is 30.5 Å². The Morgan fingerprint density at radius 2 is 1.85 bits per heavy atom. The van der Waals surface area contributed by atoms with Crippen LogP contribution in [0.15, 0.2) is 41.9 Å².